The normalized spacial score (nSPS) is 17.6. The van der Waals surface area contributed by atoms with Crippen LogP contribution in [0.4, 0.5) is 0 Å². The van der Waals surface area contributed by atoms with Gasteiger partial charge in [0.2, 0.25) is 0 Å². The van der Waals surface area contributed by atoms with Crippen LogP contribution in [0.5, 0.6) is 5.75 Å². The van der Waals surface area contributed by atoms with Crippen LogP contribution in [0.1, 0.15) is 36.8 Å². The predicted molar refractivity (Wildman–Crippen MR) is 77.3 cm³/mol. The van der Waals surface area contributed by atoms with Crippen molar-refractivity contribution in [2.75, 3.05) is 13.2 Å². The van der Waals surface area contributed by atoms with Crippen LogP contribution in [0.2, 0.25) is 0 Å². The molecule has 0 bridgehead atoms. The van der Waals surface area contributed by atoms with E-state index in [-0.39, 0.29) is 0 Å². The Bertz CT molecular complexity index is 429. The summed E-state index contributed by atoms with van der Waals surface area (Å²) in [5.74, 6) is 1.16. The summed E-state index contributed by atoms with van der Waals surface area (Å²) in [5.41, 5.74) is 2.75. The van der Waals surface area contributed by atoms with Gasteiger partial charge in [-0.25, -0.2) is 0 Å². The van der Waals surface area contributed by atoms with Crippen LogP contribution < -0.4 is 10.1 Å². The Kier molecular flexibility index (Phi) is 3.90. The zero-order valence-electron chi connectivity index (χ0n) is 10.7. The molecule has 0 spiro atoms. The highest BCUT2D eigenvalue weighted by Crippen LogP contribution is 2.33. The second-order valence-electron chi connectivity index (χ2n) is 5.34. The Morgan fingerprint density at radius 3 is 3.00 bits per heavy atom. The third-order valence-electron chi connectivity index (χ3n) is 3.71. The van der Waals surface area contributed by atoms with Gasteiger partial charge in [-0.2, -0.15) is 0 Å². The first-order valence-corrected chi connectivity index (χ1v) is 7.80. The highest BCUT2D eigenvalue weighted by Gasteiger charge is 2.20. The molecule has 3 rings (SSSR count). The number of ether oxygens (including phenoxy) is 1. The maximum Gasteiger partial charge on any atom is 0.125 e. The lowest BCUT2D eigenvalue weighted by molar-refractivity contribution is 0.353. The van der Waals surface area contributed by atoms with Crippen LogP contribution in [0.15, 0.2) is 16.6 Å². The molecule has 0 saturated heterocycles. The maximum atomic E-state index is 5.75. The Balaban J connectivity index is 1.52. The molecule has 0 amide bonds. The van der Waals surface area contributed by atoms with Crippen molar-refractivity contribution >= 4 is 15.9 Å². The molecule has 2 aliphatic rings. The molecular formula is C15H20BrNO. The van der Waals surface area contributed by atoms with Gasteiger partial charge in [0.05, 0.1) is 6.61 Å². The van der Waals surface area contributed by atoms with Gasteiger partial charge in [0.15, 0.2) is 0 Å². The van der Waals surface area contributed by atoms with Crippen molar-refractivity contribution in [3.8, 4) is 5.75 Å². The predicted octanol–water partition coefficient (Wildman–Crippen LogP) is 3.46. The minimum Gasteiger partial charge on any atom is -0.493 e. The van der Waals surface area contributed by atoms with E-state index in [1.165, 1.54) is 47.8 Å². The summed E-state index contributed by atoms with van der Waals surface area (Å²) in [5, 5.41) is 3.57. The van der Waals surface area contributed by atoms with Gasteiger partial charge in [0.25, 0.3) is 0 Å². The van der Waals surface area contributed by atoms with Crippen molar-refractivity contribution in [3.05, 3.63) is 27.7 Å². The highest BCUT2D eigenvalue weighted by atomic mass is 79.9. The van der Waals surface area contributed by atoms with E-state index in [1.807, 2.05) is 0 Å². The van der Waals surface area contributed by atoms with Gasteiger partial charge in [-0.1, -0.05) is 15.9 Å². The minimum absolute atomic E-state index is 0.837. The minimum atomic E-state index is 0.837. The van der Waals surface area contributed by atoms with E-state index >= 15 is 0 Å². The average Bonchev–Trinajstić information content (AvgIpc) is 3.05. The Hall–Kier alpha value is -0.540. The lowest BCUT2D eigenvalue weighted by Gasteiger charge is -2.09. The first kappa shape index (κ1) is 12.5. The molecule has 1 aromatic rings. The molecule has 1 heterocycles. The van der Waals surface area contributed by atoms with Crippen molar-refractivity contribution in [1.29, 1.82) is 0 Å². The van der Waals surface area contributed by atoms with Crippen LogP contribution >= 0.6 is 15.9 Å². The van der Waals surface area contributed by atoms with Gasteiger partial charge < -0.3 is 10.1 Å². The summed E-state index contributed by atoms with van der Waals surface area (Å²) >= 11 is 3.60. The van der Waals surface area contributed by atoms with Crippen molar-refractivity contribution < 1.29 is 4.74 Å². The number of benzene rings is 1. The molecule has 0 radical (unpaired) electrons. The second kappa shape index (κ2) is 5.62. The smallest absolute Gasteiger partial charge is 0.125 e. The van der Waals surface area contributed by atoms with E-state index in [9.17, 15) is 0 Å². The van der Waals surface area contributed by atoms with Crippen molar-refractivity contribution in [1.82, 2.24) is 5.32 Å². The Morgan fingerprint density at radius 1 is 1.28 bits per heavy atom. The molecule has 1 aromatic carbocycles. The van der Waals surface area contributed by atoms with E-state index in [4.69, 9.17) is 4.74 Å². The van der Waals surface area contributed by atoms with Gasteiger partial charge in [-0.3, -0.25) is 0 Å². The van der Waals surface area contributed by atoms with Crippen molar-refractivity contribution in [3.63, 3.8) is 0 Å². The Morgan fingerprint density at radius 2 is 2.17 bits per heavy atom. The van der Waals surface area contributed by atoms with Crippen LogP contribution in [0.25, 0.3) is 0 Å². The molecule has 1 saturated carbocycles. The van der Waals surface area contributed by atoms with Gasteiger partial charge in [-0.05, 0) is 61.9 Å². The largest absolute Gasteiger partial charge is 0.493 e. The van der Waals surface area contributed by atoms with Crippen LogP contribution in [-0.2, 0) is 12.8 Å². The number of halogens is 1. The maximum absolute atomic E-state index is 5.75. The quantitative estimate of drug-likeness (QED) is 0.813. The zero-order valence-corrected chi connectivity index (χ0v) is 12.3. The summed E-state index contributed by atoms with van der Waals surface area (Å²) < 4.78 is 6.95. The molecule has 18 heavy (non-hydrogen) atoms. The van der Waals surface area contributed by atoms with E-state index in [1.54, 1.807) is 0 Å². The van der Waals surface area contributed by atoms with E-state index in [0.717, 1.165) is 31.2 Å². The summed E-state index contributed by atoms with van der Waals surface area (Å²) in [7, 11) is 0. The molecule has 1 aliphatic carbocycles. The first-order valence-electron chi connectivity index (χ1n) is 7.00. The van der Waals surface area contributed by atoms with E-state index < -0.39 is 0 Å². The van der Waals surface area contributed by atoms with E-state index in [2.05, 4.69) is 33.4 Å². The number of hydrogen-bond donors (Lipinski definition) is 1. The lowest BCUT2D eigenvalue weighted by Crippen LogP contribution is -2.17. The fourth-order valence-corrected chi connectivity index (χ4v) is 3.12. The molecule has 1 aliphatic heterocycles. The molecule has 1 fully saturated rings. The second-order valence-corrected chi connectivity index (χ2v) is 6.25. The summed E-state index contributed by atoms with van der Waals surface area (Å²) in [6, 6.07) is 5.25. The van der Waals surface area contributed by atoms with E-state index in [0.29, 0.717) is 0 Å². The number of unbranched alkanes of at least 4 members (excludes halogenated alkanes) is 1. The third kappa shape index (κ3) is 3.07. The third-order valence-corrected chi connectivity index (χ3v) is 4.17. The van der Waals surface area contributed by atoms with Gasteiger partial charge in [0.1, 0.15) is 5.75 Å². The molecule has 98 valence electrons. The van der Waals surface area contributed by atoms with Gasteiger partial charge in [0, 0.05) is 16.9 Å². The standard InChI is InChI=1S/C15H20BrNO/c16-13-9-11(15-12(10-13)6-8-18-15)3-1-2-7-17-14-4-5-14/h9-10,14,17H,1-8H2. The summed E-state index contributed by atoms with van der Waals surface area (Å²) in [6.45, 7) is 2.02. The average molecular weight is 310 g/mol. The molecule has 3 heteroatoms. The number of hydrogen-bond acceptors (Lipinski definition) is 2. The number of rotatable bonds is 6. The van der Waals surface area contributed by atoms with Crippen LogP contribution in [0, 0.1) is 0 Å². The fourth-order valence-electron chi connectivity index (χ4n) is 2.57. The fraction of sp³-hybridized carbons (Fsp3) is 0.600. The number of aryl methyl sites for hydroxylation is 1. The summed E-state index contributed by atoms with van der Waals surface area (Å²) in [6.07, 6.45) is 7.46. The highest BCUT2D eigenvalue weighted by molar-refractivity contribution is 9.10. The van der Waals surface area contributed by atoms with Gasteiger partial charge >= 0.3 is 0 Å². The molecule has 0 atom stereocenters. The molecule has 0 unspecified atom stereocenters. The zero-order chi connectivity index (χ0) is 12.4. The molecule has 0 aromatic heterocycles. The lowest BCUT2D eigenvalue weighted by atomic mass is 10.0. The SMILES string of the molecule is Brc1cc(CCCCNC2CC2)c2c(c1)CCO2. The van der Waals surface area contributed by atoms with Crippen LogP contribution in [0.3, 0.4) is 0 Å². The summed E-state index contributed by atoms with van der Waals surface area (Å²) in [4.78, 5) is 0. The first-order chi connectivity index (χ1) is 8.83. The monoisotopic (exact) mass is 309 g/mol. The van der Waals surface area contributed by atoms with Crippen LogP contribution in [-0.4, -0.2) is 19.2 Å². The topological polar surface area (TPSA) is 21.3 Å². The molecule has 2 nitrogen and oxygen atoms in total. The van der Waals surface area contributed by atoms with Gasteiger partial charge in [-0.15, -0.1) is 0 Å². The number of fused-ring (bicyclic) bond motifs is 1. The van der Waals surface area contributed by atoms with Crippen molar-refractivity contribution in [2.24, 2.45) is 0 Å². The molecular weight excluding hydrogens is 290 g/mol. The number of nitrogens with one attached hydrogen (secondary N) is 1. The van der Waals surface area contributed by atoms with Crippen molar-refractivity contribution in [2.45, 2.75) is 44.6 Å². The Labute approximate surface area is 117 Å². The molecule has 1 N–H and O–H groups in total.